The lowest BCUT2D eigenvalue weighted by molar-refractivity contribution is -0.116. The van der Waals surface area contributed by atoms with Gasteiger partial charge in [0.05, 0.1) is 0 Å². The van der Waals surface area contributed by atoms with Gasteiger partial charge in [-0.2, -0.15) is 0 Å². The molecule has 3 N–H and O–H groups in total. The Kier molecular flexibility index (Phi) is 10.3. The molecule has 0 unspecified atom stereocenters. The number of benzene rings is 1. The number of aliphatic imine (C=N–C) groups is 1. The number of halogens is 2. The van der Waals surface area contributed by atoms with Crippen LogP contribution in [-0.4, -0.2) is 37.0 Å². The number of amides is 1. The highest BCUT2D eigenvalue weighted by Gasteiger charge is 2.04. The summed E-state index contributed by atoms with van der Waals surface area (Å²) in [4.78, 5) is 20.2. The van der Waals surface area contributed by atoms with E-state index in [0.29, 0.717) is 37.7 Å². The monoisotopic (exact) mass is 485 g/mol. The maximum atomic E-state index is 13.1. The first-order valence-corrected chi connectivity index (χ1v) is 8.48. The van der Waals surface area contributed by atoms with Gasteiger partial charge >= 0.3 is 0 Å². The molecule has 2 rings (SSSR count). The minimum Gasteiger partial charge on any atom is -0.356 e. The second-order valence-electron chi connectivity index (χ2n) is 5.82. The van der Waals surface area contributed by atoms with E-state index in [9.17, 15) is 9.18 Å². The number of rotatable bonds is 7. The van der Waals surface area contributed by atoms with E-state index in [4.69, 9.17) is 0 Å². The second kappa shape index (κ2) is 12.2. The Labute approximate surface area is 176 Å². The topological polar surface area (TPSA) is 78.4 Å². The van der Waals surface area contributed by atoms with Crippen LogP contribution in [0.1, 0.15) is 17.5 Å². The third-order valence-electron chi connectivity index (χ3n) is 3.64. The number of carbonyl (C=O) groups is 1. The molecule has 0 saturated carbocycles. The van der Waals surface area contributed by atoms with Crippen molar-refractivity contribution >= 4 is 41.7 Å². The summed E-state index contributed by atoms with van der Waals surface area (Å²) in [5.74, 6) is 0.781. The number of aromatic nitrogens is 1. The van der Waals surface area contributed by atoms with Crippen LogP contribution in [0.2, 0.25) is 0 Å². The smallest absolute Gasteiger partial charge is 0.227 e. The number of guanidine groups is 1. The maximum absolute atomic E-state index is 13.1. The average Bonchev–Trinajstić information content (AvgIpc) is 2.62. The van der Waals surface area contributed by atoms with E-state index in [1.807, 2.05) is 19.1 Å². The lowest BCUT2D eigenvalue weighted by Gasteiger charge is -2.12. The molecule has 0 atom stereocenters. The van der Waals surface area contributed by atoms with Gasteiger partial charge in [0.25, 0.3) is 0 Å². The predicted molar refractivity (Wildman–Crippen MR) is 117 cm³/mol. The van der Waals surface area contributed by atoms with Gasteiger partial charge in [0.15, 0.2) is 5.96 Å². The van der Waals surface area contributed by atoms with Crippen molar-refractivity contribution in [1.82, 2.24) is 15.6 Å². The van der Waals surface area contributed by atoms with Gasteiger partial charge in [-0.3, -0.25) is 9.79 Å². The second-order valence-corrected chi connectivity index (χ2v) is 5.82. The molecule has 0 saturated heterocycles. The Morgan fingerprint density at radius 3 is 2.63 bits per heavy atom. The SMILES string of the molecule is CN=C(NCCC(=O)Nc1ccc(C)cn1)NCCc1cccc(F)c1.I. The molecule has 6 nitrogen and oxygen atoms in total. The fourth-order valence-electron chi connectivity index (χ4n) is 2.28. The minimum absolute atomic E-state index is 0. The van der Waals surface area contributed by atoms with Crippen LogP contribution in [0.5, 0.6) is 0 Å². The van der Waals surface area contributed by atoms with Gasteiger partial charge in [0, 0.05) is 32.8 Å². The molecule has 8 heteroatoms. The summed E-state index contributed by atoms with van der Waals surface area (Å²) in [6.07, 6.45) is 2.68. The molecule has 0 radical (unpaired) electrons. The highest BCUT2D eigenvalue weighted by Crippen LogP contribution is 2.04. The van der Waals surface area contributed by atoms with Crippen molar-refractivity contribution in [1.29, 1.82) is 0 Å². The van der Waals surface area contributed by atoms with Crippen molar-refractivity contribution in [3.8, 4) is 0 Å². The molecule has 1 aromatic carbocycles. The van der Waals surface area contributed by atoms with Gasteiger partial charge in [0.2, 0.25) is 5.91 Å². The van der Waals surface area contributed by atoms with Gasteiger partial charge in [-0.15, -0.1) is 24.0 Å². The molecular weight excluding hydrogens is 460 g/mol. The molecule has 1 amide bonds. The standard InChI is InChI=1S/C19H24FN5O.HI/c1-14-6-7-17(24-13-14)25-18(26)9-11-23-19(21-2)22-10-8-15-4-3-5-16(20)12-15;/h3-7,12-13H,8-11H2,1-2H3,(H2,21,22,23)(H,24,25,26);1H. The summed E-state index contributed by atoms with van der Waals surface area (Å²) in [6, 6.07) is 10.2. The number of nitrogens with zero attached hydrogens (tertiary/aromatic N) is 2. The first-order chi connectivity index (χ1) is 12.6. The minimum atomic E-state index is -0.237. The first kappa shape index (κ1) is 22.8. The quantitative estimate of drug-likeness (QED) is 0.320. The zero-order valence-electron chi connectivity index (χ0n) is 15.5. The van der Waals surface area contributed by atoms with E-state index in [0.717, 1.165) is 11.1 Å². The number of hydrogen-bond acceptors (Lipinski definition) is 3. The highest BCUT2D eigenvalue weighted by molar-refractivity contribution is 14.0. The van der Waals surface area contributed by atoms with Crippen molar-refractivity contribution in [2.24, 2.45) is 4.99 Å². The van der Waals surface area contributed by atoms with Crippen LogP contribution >= 0.6 is 24.0 Å². The van der Waals surface area contributed by atoms with Crippen LogP contribution in [0.4, 0.5) is 10.2 Å². The van der Waals surface area contributed by atoms with E-state index in [2.05, 4.69) is 25.9 Å². The third-order valence-corrected chi connectivity index (χ3v) is 3.64. The summed E-state index contributed by atoms with van der Waals surface area (Å²) in [6.45, 7) is 3.00. The zero-order chi connectivity index (χ0) is 18.8. The average molecular weight is 485 g/mol. The highest BCUT2D eigenvalue weighted by atomic mass is 127. The lowest BCUT2D eigenvalue weighted by Crippen LogP contribution is -2.39. The Morgan fingerprint density at radius 2 is 1.96 bits per heavy atom. The van der Waals surface area contributed by atoms with Gasteiger partial charge in [0.1, 0.15) is 11.6 Å². The van der Waals surface area contributed by atoms with E-state index >= 15 is 0 Å². The van der Waals surface area contributed by atoms with Crippen LogP contribution in [0.15, 0.2) is 47.6 Å². The molecular formula is C19H25FIN5O. The van der Waals surface area contributed by atoms with Crippen LogP contribution in [0, 0.1) is 12.7 Å². The normalized spacial score (nSPS) is 10.7. The fraction of sp³-hybridized carbons (Fsp3) is 0.316. The fourth-order valence-corrected chi connectivity index (χ4v) is 2.28. The largest absolute Gasteiger partial charge is 0.356 e. The van der Waals surface area contributed by atoms with Crippen molar-refractivity contribution in [3.05, 3.63) is 59.5 Å². The third kappa shape index (κ3) is 8.80. The predicted octanol–water partition coefficient (Wildman–Crippen LogP) is 2.88. The van der Waals surface area contributed by atoms with Gasteiger partial charge < -0.3 is 16.0 Å². The maximum Gasteiger partial charge on any atom is 0.227 e. The van der Waals surface area contributed by atoms with Crippen LogP contribution in [-0.2, 0) is 11.2 Å². The van der Waals surface area contributed by atoms with E-state index in [1.165, 1.54) is 12.1 Å². The zero-order valence-corrected chi connectivity index (χ0v) is 17.8. The van der Waals surface area contributed by atoms with E-state index in [-0.39, 0.29) is 35.7 Å². The molecule has 146 valence electrons. The molecule has 1 aromatic heterocycles. The summed E-state index contributed by atoms with van der Waals surface area (Å²) in [5.41, 5.74) is 1.95. The van der Waals surface area contributed by atoms with E-state index in [1.54, 1.807) is 25.4 Å². The van der Waals surface area contributed by atoms with Crippen molar-refractivity contribution < 1.29 is 9.18 Å². The van der Waals surface area contributed by atoms with Crippen molar-refractivity contribution in [2.45, 2.75) is 19.8 Å². The molecule has 0 fully saturated rings. The molecule has 2 aromatic rings. The number of anilines is 1. The summed E-state index contributed by atoms with van der Waals surface area (Å²) < 4.78 is 13.1. The molecule has 0 aliphatic heterocycles. The van der Waals surface area contributed by atoms with Crippen LogP contribution in [0.3, 0.4) is 0 Å². The Hall–Kier alpha value is -2.23. The molecule has 0 bridgehead atoms. The van der Waals surface area contributed by atoms with Gasteiger partial charge in [-0.25, -0.2) is 9.37 Å². The van der Waals surface area contributed by atoms with Crippen molar-refractivity contribution in [3.63, 3.8) is 0 Å². The Bertz CT molecular complexity index is 752. The summed E-state index contributed by atoms with van der Waals surface area (Å²) >= 11 is 0. The van der Waals surface area contributed by atoms with Gasteiger partial charge in [-0.05, 0) is 42.7 Å². The van der Waals surface area contributed by atoms with Crippen LogP contribution < -0.4 is 16.0 Å². The Balaban J connectivity index is 0.00000364. The number of nitrogens with one attached hydrogen (secondary N) is 3. The molecule has 27 heavy (non-hydrogen) atoms. The number of aryl methyl sites for hydroxylation is 1. The molecule has 0 spiro atoms. The molecule has 1 heterocycles. The Morgan fingerprint density at radius 1 is 1.19 bits per heavy atom. The number of pyridine rings is 1. The first-order valence-electron chi connectivity index (χ1n) is 8.48. The molecule has 0 aliphatic rings. The number of hydrogen-bond donors (Lipinski definition) is 3. The summed E-state index contributed by atoms with van der Waals surface area (Å²) in [5, 5.41) is 8.96. The lowest BCUT2D eigenvalue weighted by atomic mass is 10.1. The van der Waals surface area contributed by atoms with Crippen LogP contribution in [0.25, 0.3) is 0 Å². The van der Waals surface area contributed by atoms with Crippen molar-refractivity contribution in [2.75, 3.05) is 25.5 Å². The van der Waals surface area contributed by atoms with Gasteiger partial charge in [-0.1, -0.05) is 18.2 Å². The molecule has 0 aliphatic carbocycles. The number of carbonyl (C=O) groups excluding carboxylic acids is 1. The van der Waals surface area contributed by atoms with E-state index < -0.39 is 0 Å². The summed E-state index contributed by atoms with van der Waals surface area (Å²) in [7, 11) is 1.66.